The minimum Gasteiger partial charge on any atom is -0.473 e. The number of methoxy groups -OCH3 is 1. The number of hydrogen-bond donors (Lipinski definition) is 1. The lowest BCUT2D eigenvalue weighted by Crippen LogP contribution is -2.25. The number of rotatable bonds is 3. The van der Waals surface area contributed by atoms with E-state index in [1.807, 2.05) is 0 Å². The Morgan fingerprint density at radius 3 is 2.92 bits per heavy atom. The van der Waals surface area contributed by atoms with Gasteiger partial charge in [0.15, 0.2) is 5.78 Å². The Balaban J connectivity index is 2.82. The molecule has 0 radical (unpaired) electrons. The molecule has 4 nitrogen and oxygen atoms in total. The molecule has 0 saturated carbocycles. The second-order valence-electron chi connectivity index (χ2n) is 2.35. The minimum atomic E-state index is -0.477. The molecular weight excluding hydrogens is 176 g/mol. The molecule has 0 amide bonds. The molecule has 1 aromatic rings. The zero-order valence-electron chi connectivity index (χ0n) is 6.90. The van der Waals surface area contributed by atoms with E-state index in [-0.39, 0.29) is 5.78 Å². The lowest BCUT2D eigenvalue weighted by molar-refractivity contribution is 0.0971. The van der Waals surface area contributed by atoms with Gasteiger partial charge in [0.05, 0.1) is 24.2 Å². The van der Waals surface area contributed by atoms with Crippen molar-refractivity contribution in [2.45, 2.75) is 13.0 Å². The Morgan fingerprint density at radius 1 is 1.83 bits per heavy atom. The molecule has 66 valence electrons. The average Bonchev–Trinajstić information content (AvgIpc) is 2.50. The molecule has 0 aromatic carbocycles. The predicted octanol–water partition coefficient (Wildman–Crippen LogP) is 0.682. The first-order chi connectivity index (χ1) is 5.65. The van der Waals surface area contributed by atoms with Crippen LogP contribution in [0.4, 0.5) is 0 Å². The monoisotopic (exact) mass is 186 g/mol. The van der Waals surface area contributed by atoms with Crippen LogP contribution in [0.25, 0.3) is 0 Å². The third-order valence-corrected chi connectivity index (χ3v) is 2.29. The van der Waals surface area contributed by atoms with Gasteiger partial charge in [0.25, 0.3) is 5.19 Å². The van der Waals surface area contributed by atoms with E-state index in [4.69, 9.17) is 10.5 Å². The summed E-state index contributed by atoms with van der Waals surface area (Å²) in [4.78, 5) is 15.7. The Kier molecular flexibility index (Phi) is 2.78. The molecule has 5 heteroatoms. The van der Waals surface area contributed by atoms with Gasteiger partial charge in [-0.05, 0) is 6.92 Å². The lowest BCUT2D eigenvalue weighted by atomic mass is 10.2. The molecule has 1 atom stereocenters. The third kappa shape index (κ3) is 1.80. The van der Waals surface area contributed by atoms with Gasteiger partial charge < -0.3 is 10.5 Å². The van der Waals surface area contributed by atoms with Crippen molar-refractivity contribution in [3.63, 3.8) is 0 Å². The van der Waals surface area contributed by atoms with E-state index in [0.29, 0.717) is 10.1 Å². The zero-order chi connectivity index (χ0) is 9.14. The number of nitrogens with zero attached hydrogens (tertiary/aromatic N) is 1. The second-order valence-corrected chi connectivity index (χ2v) is 3.34. The van der Waals surface area contributed by atoms with Crippen LogP contribution in [0.2, 0.25) is 0 Å². The molecular formula is C7H10N2O2S. The highest BCUT2D eigenvalue weighted by atomic mass is 32.1. The molecule has 12 heavy (non-hydrogen) atoms. The SMILES string of the molecule is COc1ncc(C(=O)C(C)N)s1. The first-order valence-electron chi connectivity index (χ1n) is 3.44. The maximum absolute atomic E-state index is 11.3. The molecule has 0 spiro atoms. The van der Waals surface area contributed by atoms with Gasteiger partial charge in [-0.1, -0.05) is 11.3 Å². The van der Waals surface area contributed by atoms with Crippen molar-refractivity contribution in [1.82, 2.24) is 4.98 Å². The number of thiazole rings is 1. The van der Waals surface area contributed by atoms with Crippen LogP contribution in [0.5, 0.6) is 5.19 Å². The second kappa shape index (κ2) is 3.64. The van der Waals surface area contributed by atoms with Gasteiger partial charge in [-0.2, -0.15) is 0 Å². The summed E-state index contributed by atoms with van der Waals surface area (Å²) in [5.74, 6) is -0.101. The number of ether oxygens (including phenoxy) is 1. The highest BCUT2D eigenvalue weighted by molar-refractivity contribution is 7.15. The standard InChI is InChI=1S/C7H10N2O2S/c1-4(8)6(10)5-3-9-7(11-2)12-5/h3-4H,8H2,1-2H3. The summed E-state index contributed by atoms with van der Waals surface area (Å²) >= 11 is 1.21. The number of hydrogen-bond acceptors (Lipinski definition) is 5. The molecule has 0 bridgehead atoms. The molecule has 2 N–H and O–H groups in total. The Bertz CT molecular complexity index is 283. The molecule has 0 aliphatic carbocycles. The van der Waals surface area contributed by atoms with Crippen LogP contribution in [-0.4, -0.2) is 23.9 Å². The summed E-state index contributed by atoms with van der Waals surface area (Å²) in [5.41, 5.74) is 5.41. The van der Waals surface area contributed by atoms with Crippen LogP contribution in [-0.2, 0) is 0 Å². The summed E-state index contributed by atoms with van der Waals surface area (Å²) in [5, 5.41) is 0.485. The van der Waals surface area contributed by atoms with Gasteiger partial charge in [-0.15, -0.1) is 0 Å². The summed E-state index contributed by atoms with van der Waals surface area (Å²) < 4.78 is 4.84. The predicted molar refractivity (Wildman–Crippen MR) is 46.6 cm³/mol. The number of aromatic nitrogens is 1. The summed E-state index contributed by atoms with van der Waals surface area (Å²) in [6.45, 7) is 1.65. The molecule has 0 fully saturated rings. The fourth-order valence-corrected chi connectivity index (χ4v) is 1.46. The molecule has 1 rings (SSSR count). The van der Waals surface area contributed by atoms with Crippen LogP contribution >= 0.6 is 11.3 Å². The molecule has 0 aliphatic rings. The lowest BCUT2D eigenvalue weighted by Gasteiger charge is -1.98. The van der Waals surface area contributed by atoms with Gasteiger partial charge in [0.2, 0.25) is 0 Å². The highest BCUT2D eigenvalue weighted by Gasteiger charge is 2.14. The maximum atomic E-state index is 11.3. The average molecular weight is 186 g/mol. The number of nitrogens with two attached hydrogens (primary N) is 1. The first-order valence-corrected chi connectivity index (χ1v) is 4.26. The maximum Gasteiger partial charge on any atom is 0.273 e. The van der Waals surface area contributed by atoms with E-state index in [9.17, 15) is 4.79 Å². The largest absolute Gasteiger partial charge is 0.473 e. The van der Waals surface area contributed by atoms with Crippen LogP contribution in [0.3, 0.4) is 0 Å². The quantitative estimate of drug-likeness (QED) is 0.705. The number of carbonyl (C=O) groups is 1. The van der Waals surface area contributed by atoms with Gasteiger partial charge in [0.1, 0.15) is 0 Å². The van der Waals surface area contributed by atoms with Crippen molar-refractivity contribution in [2.75, 3.05) is 7.11 Å². The molecule has 0 saturated heterocycles. The Morgan fingerprint density at radius 2 is 2.50 bits per heavy atom. The van der Waals surface area contributed by atoms with Crippen molar-refractivity contribution >= 4 is 17.1 Å². The van der Waals surface area contributed by atoms with Crippen molar-refractivity contribution in [2.24, 2.45) is 5.73 Å². The topological polar surface area (TPSA) is 65.2 Å². The third-order valence-electron chi connectivity index (χ3n) is 1.32. The van der Waals surface area contributed by atoms with Gasteiger partial charge in [-0.25, -0.2) is 4.98 Å². The van der Waals surface area contributed by atoms with Crippen molar-refractivity contribution in [1.29, 1.82) is 0 Å². The van der Waals surface area contributed by atoms with E-state index in [1.54, 1.807) is 6.92 Å². The van der Waals surface area contributed by atoms with Gasteiger partial charge in [0, 0.05) is 0 Å². The van der Waals surface area contributed by atoms with Gasteiger partial charge >= 0.3 is 0 Å². The van der Waals surface area contributed by atoms with Crippen LogP contribution < -0.4 is 10.5 Å². The van der Waals surface area contributed by atoms with E-state index in [0.717, 1.165) is 0 Å². The number of carbonyl (C=O) groups excluding carboxylic acids is 1. The minimum absolute atomic E-state index is 0.101. The van der Waals surface area contributed by atoms with Crippen LogP contribution in [0, 0.1) is 0 Å². The normalized spacial score (nSPS) is 12.6. The van der Waals surface area contributed by atoms with E-state index in [2.05, 4.69) is 4.98 Å². The first kappa shape index (κ1) is 9.15. The highest BCUT2D eigenvalue weighted by Crippen LogP contribution is 2.20. The Labute approximate surface area is 74.4 Å². The summed E-state index contributed by atoms with van der Waals surface area (Å²) in [6.07, 6.45) is 1.48. The number of Topliss-reactive ketones (excluding diaryl/α,β-unsaturated/α-hetero) is 1. The van der Waals surface area contributed by atoms with Crippen LogP contribution in [0.1, 0.15) is 16.6 Å². The number of ketones is 1. The molecule has 1 unspecified atom stereocenters. The fraction of sp³-hybridized carbons (Fsp3) is 0.429. The van der Waals surface area contributed by atoms with Crippen molar-refractivity contribution in [3.05, 3.63) is 11.1 Å². The van der Waals surface area contributed by atoms with E-state index >= 15 is 0 Å². The molecule has 1 heterocycles. The molecule has 1 aromatic heterocycles. The Hall–Kier alpha value is -0.940. The van der Waals surface area contributed by atoms with Crippen molar-refractivity contribution < 1.29 is 9.53 Å². The van der Waals surface area contributed by atoms with Crippen molar-refractivity contribution in [3.8, 4) is 5.19 Å². The summed E-state index contributed by atoms with van der Waals surface area (Å²) in [6, 6.07) is -0.477. The van der Waals surface area contributed by atoms with Gasteiger partial charge in [-0.3, -0.25) is 4.79 Å². The van der Waals surface area contributed by atoms with E-state index < -0.39 is 6.04 Å². The van der Waals surface area contributed by atoms with E-state index in [1.165, 1.54) is 24.6 Å². The fourth-order valence-electron chi connectivity index (χ4n) is 0.691. The van der Waals surface area contributed by atoms with Crippen LogP contribution in [0.15, 0.2) is 6.20 Å². The smallest absolute Gasteiger partial charge is 0.273 e. The zero-order valence-corrected chi connectivity index (χ0v) is 7.72. The molecule has 0 aliphatic heterocycles. The summed E-state index contributed by atoms with van der Waals surface area (Å²) in [7, 11) is 1.51.